The molecule has 0 N–H and O–H groups in total. The summed E-state index contributed by atoms with van der Waals surface area (Å²) in [6.45, 7) is 9.81. The van der Waals surface area contributed by atoms with Crippen LogP contribution in [0.4, 0.5) is 0 Å². The Morgan fingerprint density at radius 3 is 2.15 bits per heavy atom. The molecule has 1 aliphatic rings. The minimum atomic E-state index is -1.30. The molecule has 0 aliphatic heterocycles. The van der Waals surface area contributed by atoms with Gasteiger partial charge in [0.2, 0.25) is 0 Å². The first-order valence-corrected chi connectivity index (χ1v) is 10.2. The van der Waals surface area contributed by atoms with E-state index in [4.69, 9.17) is 15.0 Å². The van der Waals surface area contributed by atoms with Crippen molar-refractivity contribution in [3.63, 3.8) is 0 Å². The molecule has 0 amide bonds. The van der Waals surface area contributed by atoms with Gasteiger partial charge in [-0.15, -0.1) is 0 Å². The zero-order valence-electron chi connectivity index (χ0n) is 17.5. The number of rotatable bonds is 11. The largest absolute Gasteiger partial charge is 0.465 e. The summed E-state index contributed by atoms with van der Waals surface area (Å²) in [5.74, 6) is -0.998. The summed E-state index contributed by atoms with van der Waals surface area (Å²) in [7, 11) is 0. The normalized spacial score (nSPS) is 21.4. The monoisotopic (exact) mass is 381 g/mol. The number of hydrogen-bond donors (Lipinski definition) is 0. The Labute approximate surface area is 162 Å². The molecule has 0 aromatic carbocycles. The Kier molecular flexibility index (Phi) is 9.10. The van der Waals surface area contributed by atoms with Gasteiger partial charge >= 0.3 is 11.9 Å². The summed E-state index contributed by atoms with van der Waals surface area (Å²) in [4.78, 5) is 28.6. The Hall–Kier alpha value is -1.75. The summed E-state index contributed by atoms with van der Waals surface area (Å²) in [6, 6.07) is 0. The fourth-order valence-corrected chi connectivity index (χ4v) is 4.32. The zero-order valence-corrected chi connectivity index (χ0v) is 17.5. The number of carbonyl (C=O) groups is 2. The highest BCUT2D eigenvalue weighted by molar-refractivity contribution is 6.00. The molecule has 1 fully saturated rings. The van der Waals surface area contributed by atoms with Crippen LogP contribution >= 0.6 is 0 Å². The van der Waals surface area contributed by atoms with E-state index in [1.165, 1.54) is 0 Å². The highest BCUT2D eigenvalue weighted by Gasteiger charge is 2.59. The minimum Gasteiger partial charge on any atom is -0.465 e. The van der Waals surface area contributed by atoms with E-state index in [1.54, 1.807) is 13.8 Å². The predicted octanol–water partition coefficient (Wildman–Crippen LogP) is 5.18. The highest BCUT2D eigenvalue weighted by atomic mass is 16.6. The summed E-state index contributed by atoms with van der Waals surface area (Å²) in [5.41, 5.74) is 7.00. The van der Waals surface area contributed by atoms with Crippen LogP contribution in [-0.4, -0.2) is 30.7 Å². The molecule has 1 aliphatic carbocycles. The van der Waals surface area contributed by atoms with Crippen LogP contribution in [-0.2, 0) is 19.1 Å². The van der Waals surface area contributed by atoms with E-state index in [9.17, 15) is 9.59 Å². The number of nitrogens with zero attached hydrogens (tertiary/aromatic N) is 3. The Morgan fingerprint density at radius 1 is 1.07 bits per heavy atom. The van der Waals surface area contributed by atoms with Crippen LogP contribution in [0.3, 0.4) is 0 Å². The van der Waals surface area contributed by atoms with Crippen molar-refractivity contribution in [2.75, 3.05) is 13.2 Å². The smallest absolute Gasteiger partial charge is 0.323 e. The Bertz CT molecular complexity index is 537. The molecule has 0 heterocycles. The van der Waals surface area contributed by atoms with Gasteiger partial charge in [-0.25, -0.2) is 0 Å². The molecule has 0 bridgehead atoms. The minimum absolute atomic E-state index is 0.0798. The Balaban J connectivity index is 3.19. The van der Waals surface area contributed by atoms with Crippen molar-refractivity contribution >= 4 is 11.9 Å². The molecule has 7 heteroatoms. The molecule has 1 rings (SSSR count). The second kappa shape index (κ2) is 10.5. The van der Waals surface area contributed by atoms with Gasteiger partial charge < -0.3 is 9.47 Å². The van der Waals surface area contributed by atoms with Gasteiger partial charge in [0.15, 0.2) is 5.41 Å². The summed E-state index contributed by atoms with van der Waals surface area (Å²) >= 11 is 0. The first-order valence-electron chi connectivity index (χ1n) is 10.2. The van der Waals surface area contributed by atoms with Gasteiger partial charge in [-0.05, 0) is 44.1 Å². The first-order chi connectivity index (χ1) is 12.8. The molecule has 0 aromatic rings. The second-order valence-corrected chi connectivity index (χ2v) is 7.99. The molecule has 27 heavy (non-hydrogen) atoms. The zero-order chi connectivity index (χ0) is 20.5. The molecule has 0 radical (unpaired) electrons. The van der Waals surface area contributed by atoms with E-state index in [-0.39, 0.29) is 25.0 Å². The van der Waals surface area contributed by atoms with Crippen molar-refractivity contribution in [2.45, 2.75) is 85.1 Å². The van der Waals surface area contributed by atoms with E-state index in [2.05, 4.69) is 16.9 Å². The summed E-state index contributed by atoms with van der Waals surface area (Å²) in [6.07, 6.45) is 6.05. The second-order valence-electron chi connectivity index (χ2n) is 7.99. The maximum absolute atomic E-state index is 12.8. The summed E-state index contributed by atoms with van der Waals surface area (Å²) in [5, 5.41) is 3.99. The van der Waals surface area contributed by atoms with E-state index in [1.807, 2.05) is 13.8 Å². The molecule has 0 saturated heterocycles. The third-order valence-corrected chi connectivity index (χ3v) is 5.72. The van der Waals surface area contributed by atoms with E-state index >= 15 is 0 Å². The third-order valence-electron chi connectivity index (χ3n) is 5.72. The van der Waals surface area contributed by atoms with Gasteiger partial charge in [0.05, 0.1) is 13.2 Å². The van der Waals surface area contributed by atoms with Crippen LogP contribution in [0.25, 0.3) is 10.4 Å². The highest BCUT2D eigenvalue weighted by Crippen LogP contribution is 2.53. The molecular weight excluding hydrogens is 346 g/mol. The lowest BCUT2D eigenvalue weighted by Crippen LogP contribution is -2.41. The molecule has 2 atom stereocenters. The molecule has 1 unspecified atom stereocenters. The third kappa shape index (κ3) is 5.61. The predicted molar refractivity (Wildman–Crippen MR) is 104 cm³/mol. The topological polar surface area (TPSA) is 101 Å². The average molecular weight is 382 g/mol. The lowest BCUT2D eigenvalue weighted by molar-refractivity contribution is -0.172. The van der Waals surface area contributed by atoms with E-state index in [0.717, 1.165) is 32.1 Å². The molecular formula is C20H35N3O4. The standard InChI is InChI=1S/C20H35N3O4/c1-6-9-10-11-12-15-13-20(17(24)26-7-2,18(25)27-8-3)14-16(15)19(4,5)22-23-21/h15-16H,6-14H2,1-5H3/t15?,16-/m1/s1. The number of unbranched alkanes of at least 4 members (excludes halogenated alkanes) is 3. The van der Waals surface area contributed by atoms with Gasteiger partial charge in [0.1, 0.15) is 0 Å². The fraction of sp³-hybridized carbons (Fsp3) is 0.900. The first kappa shape index (κ1) is 23.3. The van der Waals surface area contributed by atoms with Crippen LogP contribution in [0.2, 0.25) is 0 Å². The average Bonchev–Trinajstić information content (AvgIpc) is 3.01. The molecule has 1 saturated carbocycles. The van der Waals surface area contributed by atoms with Crippen molar-refractivity contribution in [1.82, 2.24) is 0 Å². The van der Waals surface area contributed by atoms with Crippen LogP contribution in [0.1, 0.15) is 79.6 Å². The number of hydrogen-bond acceptors (Lipinski definition) is 5. The maximum atomic E-state index is 12.8. The molecule has 154 valence electrons. The molecule has 7 nitrogen and oxygen atoms in total. The number of esters is 2. The van der Waals surface area contributed by atoms with Gasteiger partial charge in [0, 0.05) is 10.5 Å². The fourth-order valence-electron chi connectivity index (χ4n) is 4.32. The van der Waals surface area contributed by atoms with E-state index < -0.39 is 22.9 Å². The van der Waals surface area contributed by atoms with Crippen molar-refractivity contribution < 1.29 is 19.1 Å². The molecule has 0 spiro atoms. The van der Waals surface area contributed by atoms with Crippen molar-refractivity contribution in [3.8, 4) is 0 Å². The lowest BCUT2D eigenvalue weighted by Gasteiger charge is -2.32. The van der Waals surface area contributed by atoms with Gasteiger partial charge in [-0.3, -0.25) is 9.59 Å². The molecule has 0 aromatic heterocycles. The van der Waals surface area contributed by atoms with Crippen LogP contribution in [0.15, 0.2) is 5.11 Å². The van der Waals surface area contributed by atoms with Crippen LogP contribution in [0, 0.1) is 17.3 Å². The summed E-state index contributed by atoms with van der Waals surface area (Å²) < 4.78 is 10.5. The van der Waals surface area contributed by atoms with Gasteiger partial charge in [-0.1, -0.05) is 58.0 Å². The van der Waals surface area contributed by atoms with Crippen molar-refractivity contribution in [2.24, 2.45) is 22.4 Å². The van der Waals surface area contributed by atoms with Gasteiger partial charge in [0.25, 0.3) is 0 Å². The van der Waals surface area contributed by atoms with Crippen LogP contribution < -0.4 is 0 Å². The van der Waals surface area contributed by atoms with Gasteiger partial charge in [-0.2, -0.15) is 0 Å². The van der Waals surface area contributed by atoms with Crippen molar-refractivity contribution in [1.29, 1.82) is 0 Å². The number of azide groups is 1. The quantitative estimate of drug-likeness (QED) is 0.123. The van der Waals surface area contributed by atoms with Crippen LogP contribution in [0.5, 0.6) is 0 Å². The number of carbonyl (C=O) groups excluding carboxylic acids is 2. The SMILES string of the molecule is CCCCCCC1CC(C(=O)OCC)(C(=O)OCC)C[C@H]1C(C)(C)N=[N+]=[N-]. The van der Waals surface area contributed by atoms with E-state index in [0.29, 0.717) is 12.8 Å². The lowest BCUT2D eigenvalue weighted by atomic mass is 9.78. The Morgan fingerprint density at radius 2 is 1.67 bits per heavy atom. The van der Waals surface area contributed by atoms with Crippen molar-refractivity contribution in [3.05, 3.63) is 10.4 Å². The maximum Gasteiger partial charge on any atom is 0.323 e. The number of ether oxygens (including phenoxy) is 2.